The van der Waals surface area contributed by atoms with Crippen molar-refractivity contribution in [3.8, 4) is 0 Å². The van der Waals surface area contributed by atoms with E-state index in [-0.39, 0.29) is 0 Å². The van der Waals surface area contributed by atoms with E-state index in [2.05, 4.69) is 52.5 Å². The molecule has 0 bridgehead atoms. The molecule has 1 unspecified atom stereocenters. The second-order valence-corrected chi connectivity index (χ2v) is 7.06. The predicted octanol–water partition coefficient (Wildman–Crippen LogP) is 4.51. The summed E-state index contributed by atoms with van der Waals surface area (Å²) in [6.45, 7) is 5.75. The molecule has 1 saturated carbocycles. The molecule has 1 aliphatic carbocycles. The van der Waals surface area contributed by atoms with Crippen LogP contribution in [0.15, 0.2) is 58.4 Å². The summed E-state index contributed by atoms with van der Waals surface area (Å²) >= 11 is 0. The van der Waals surface area contributed by atoms with Gasteiger partial charge in [-0.1, -0.05) is 13.3 Å². The molecule has 2 nitrogen and oxygen atoms in total. The number of nitrogens with zero attached hydrogens (tertiary/aromatic N) is 2. The molecule has 0 aromatic heterocycles. The number of allylic oxidation sites excluding steroid dienone is 3. The van der Waals surface area contributed by atoms with Gasteiger partial charge in [0.15, 0.2) is 0 Å². The molecule has 0 aromatic carbocycles. The average Bonchev–Trinajstić information content (AvgIpc) is 2.80. The summed E-state index contributed by atoms with van der Waals surface area (Å²) in [4.78, 5) is 5.14. The van der Waals surface area contributed by atoms with Crippen molar-refractivity contribution in [3.05, 3.63) is 58.4 Å². The van der Waals surface area contributed by atoms with Crippen LogP contribution in [0.4, 0.5) is 0 Å². The SMILES string of the molecule is CC1CCCCC2=C=CCC3=CC=C=CCN3C(N3CCC3)=C21. The molecule has 0 radical (unpaired) electrons. The van der Waals surface area contributed by atoms with Gasteiger partial charge < -0.3 is 9.80 Å². The van der Waals surface area contributed by atoms with Crippen LogP contribution in [0.5, 0.6) is 0 Å². The lowest BCUT2D eigenvalue weighted by Gasteiger charge is -2.44. The number of hydrogen-bond donors (Lipinski definition) is 0. The maximum absolute atomic E-state index is 3.68. The topological polar surface area (TPSA) is 6.48 Å². The van der Waals surface area contributed by atoms with Crippen LogP contribution in [0.25, 0.3) is 0 Å². The summed E-state index contributed by atoms with van der Waals surface area (Å²) in [7, 11) is 0. The maximum atomic E-state index is 3.68. The molecule has 0 aromatic rings. The average molecular weight is 306 g/mol. The zero-order valence-electron chi connectivity index (χ0n) is 14.1. The Morgan fingerprint density at radius 1 is 1.13 bits per heavy atom. The first-order chi connectivity index (χ1) is 11.3. The van der Waals surface area contributed by atoms with Crippen LogP contribution in [0.1, 0.15) is 45.4 Å². The molecule has 0 N–H and O–H groups in total. The Balaban J connectivity index is 1.91. The maximum Gasteiger partial charge on any atom is 0.113 e. The van der Waals surface area contributed by atoms with E-state index in [0.717, 1.165) is 13.0 Å². The Labute approximate surface area is 139 Å². The van der Waals surface area contributed by atoms with Crippen LogP contribution in [0.2, 0.25) is 0 Å². The van der Waals surface area contributed by atoms with Gasteiger partial charge >= 0.3 is 0 Å². The van der Waals surface area contributed by atoms with Gasteiger partial charge in [-0.15, -0.1) is 11.5 Å². The van der Waals surface area contributed by atoms with Gasteiger partial charge in [-0.3, -0.25) is 0 Å². The molecule has 1 atom stereocenters. The fraction of sp³-hybridized carbons (Fsp3) is 0.524. The zero-order chi connectivity index (χ0) is 15.6. The molecule has 2 fully saturated rings. The van der Waals surface area contributed by atoms with E-state index >= 15 is 0 Å². The first kappa shape index (κ1) is 14.7. The van der Waals surface area contributed by atoms with Gasteiger partial charge in [0.25, 0.3) is 0 Å². The monoisotopic (exact) mass is 306 g/mol. The standard InChI is InChI=1S/C21H26N2/c1-17-9-4-5-10-18-11-7-13-19-12-3-2-6-16-23(19)21(20(17)18)22-14-8-15-22/h3,6-7,12,17H,4-5,8-10,13-16H2,1H3. The molecule has 4 aliphatic rings. The van der Waals surface area contributed by atoms with Crippen molar-refractivity contribution in [1.29, 1.82) is 0 Å². The Kier molecular flexibility index (Phi) is 4.04. The van der Waals surface area contributed by atoms with Gasteiger partial charge in [0.1, 0.15) is 5.82 Å². The minimum Gasteiger partial charge on any atom is -0.358 e. The van der Waals surface area contributed by atoms with Crippen molar-refractivity contribution >= 4 is 0 Å². The van der Waals surface area contributed by atoms with E-state index in [9.17, 15) is 0 Å². The predicted molar refractivity (Wildman–Crippen MR) is 94.5 cm³/mol. The summed E-state index contributed by atoms with van der Waals surface area (Å²) in [5.41, 5.74) is 11.4. The van der Waals surface area contributed by atoms with E-state index < -0.39 is 0 Å². The second-order valence-electron chi connectivity index (χ2n) is 7.06. The number of rotatable bonds is 1. The van der Waals surface area contributed by atoms with Gasteiger partial charge in [0.05, 0.1) is 0 Å². The highest BCUT2D eigenvalue weighted by atomic mass is 15.4. The van der Waals surface area contributed by atoms with Gasteiger partial charge in [0.2, 0.25) is 0 Å². The first-order valence-corrected chi connectivity index (χ1v) is 9.16. The van der Waals surface area contributed by atoms with Crippen molar-refractivity contribution in [2.45, 2.75) is 45.4 Å². The third-order valence-corrected chi connectivity index (χ3v) is 5.48. The lowest BCUT2D eigenvalue weighted by Crippen LogP contribution is -2.44. The van der Waals surface area contributed by atoms with E-state index in [1.54, 1.807) is 5.57 Å². The van der Waals surface area contributed by atoms with Crippen molar-refractivity contribution in [1.82, 2.24) is 9.80 Å². The molecular weight excluding hydrogens is 280 g/mol. The first-order valence-electron chi connectivity index (χ1n) is 9.16. The van der Waals surface area contributed by atoms with Crippen LogP contribution >= 0.6 is 0 Å². The highest BCUT2D eigenvalue weighted by Crippen LogP contribution is 2.39. The molecule has 23 heavy (non-hydrogen) atoms. The molecular formula is C21H26N2. The molecule has 120 valence electrons. The Morgan fingerprint density at radius 2 is 2.04 bits per heavy atom. The van der Waals surface area contributed by atoms with E-state index in [1.807, 2.05) is 0 Å². The minimum atomic E-state index is 0.628. The molecule has 0 spiro atoms. The van der Waals surface area contributed by atoms with E-state index in [0.29, 0.717) is 5.92 Å². The van der Waals surface area contributed by atoms with Gasteiger partial charge in [-0.25, -0.2) is 0 Å². The summed E-state index contributed by atoms with van der Waals surface area (Å²) < 4.78 is 0. The number of likely N-dealkylation sites (tertiary alicyclic amines) is 1. The van der Waals surface area contributed by atoms with E-state index in [4.69, 9.17) is 0 Å². The molecule has 1 saturated heterocycles. The largest absolute Gasteiger partial charge is 0.358 e. The summed E-state index contributed by atoms with van der Waals surface area (Å²) in [6, 6.07) is 0. The molecule has 3 heterocycles. The van der Waals surface area contributed by atoms with Crippen LogP contribution in [0, 0.1) is 5.92 Å². The van der Waals surface area contributed by atoms with E-state index in [1.165, 1.54) is 62.3 Å². The highest BCUT2D eigenvalue weighted by Gasteiger charge is 2.32. The summed E-state index contributed by atoms with van der Waals surface area (Å²) in [5.74, 6) is 2.10. The lowest BCUT2D eigenvalue weighted by atomic mass is 9.90. The summed E-state index contributed by atoms with van der Waals surface area (Å²) in [5, 5.41) is 0. The lowest BCUT2D eigenvalue weighted by molar-refractivity contribution is 0.170. The molecule has 3 aliphatic heterocycles. The fourth-order valence-electron chi connectivity index (χ4n) is 4.09. The van der Waals surface area contributed by atoms with Gasteiger partial charge in [0, 0.05) is 42.9 Å². The Morgan fingerprint density at radius 3 is 2.87 bits per heavy atom. The van der Waals surface area contributed by atoms with Gasteiger partial charge in [-0.2, -0.15) is 0 Å². The third kappa shape index (κ3) is 2.74. The van der Waals surface area contributed by atoms with Crippen molar-refractivity contribution in [2.24, 2.45) is 5.92 Å². The minimum absolute atomic E-state index is 0.628. The van der Waals surface area contributed by atoms with Gasteiger partial charge in [-0.05, 0) is 55.9 Å². The van der Waals surface area contributed by atoms with Crippen molar-refractivity contribution in [2.75, 3.05) is 19.6 Å². The Bertz CT molecular complexity index is 675. The molecule has 0 amide bonds. The normalized spacial score (nSPS) is 27.1. The summed E-state index contributed by atoms with van der Waals surface area (Å²) in [6.07, 6.45) is 16.1. The van der Waals surface area contributed by atoms with Crippen LogP contribution in [0.3, 0.4) is 0 Å². The van der Waals surface area contributed by atoms with Crippen LogP contribution in [-0.4, -0.2) is 29.4 Å². The highest BCUT2D eigenvalue weighted by molar-refractivity contribution is 5.41. The van der Waals surface area contributed by atoms with Crippen molar-refractivity contribution < 1.29 is 0 Å². The molecule has 2 heteroatoms. The second kappa shape index (κ2) is 6.32. The quantitative estimate of drug-likeness (QED) is 0.658. The van der Waals surface area contributed by atoms with Crippen LogP contribution < -0.4 is 0 Å². The zero-order valence-corrected chi connectivity index (χ0v) is 14.1. The van der Waals surface area contributed by atoms with Crippen molar-refractivity contribution in [3.63, 3.8) is 0 Å². The Hall–Kier alpha value is -1.88. The fourth-order valence-corrected chi connectivity index (χ4v) is 4.09. The number of fused-ring (bicyclic) bond motifs is 2. The smallest absolute Gasteiger partial charge is 0.113 e. The third-order valence-electron chi connectivity index (χ3n) is 5.48. The molecule has 4 rings (SSSR count). The van der Waals surface area contributed by atoms with Crippen LogP contribution in [-0.2, 0) is 0 Å². The number of hydrogen-bond acceptors (Lipinski definition) is 2.